The zero-order chi connectivity index (χ0) is 26.8. The van der Waals surface area contributed by atoms with Crippen LogP contribution in [-0.2, 0) is 63.8 Å². The molecule has 3 unspecified atom stereocenters. The van der Waals surface area contributed by atoms with E-state index in [9.17, 15) is 19.3 Å². The first kappa shape index (κ1) is 28.4. The van der Waals surface area contributed by atoms with Gasteiger partial charge in [0.25, 0.3) is 0 Å². The van der Waals surface area contributed by atoms with Crippen molar-refractivity contribution >= 4 is 24.8 Å². The molecule has 2 heterocycles. The summed E-state index contributed by atoms with van der Waals surface area (Å²) in [4.78, 5) is 23.2. The van der Waals surface area contributed by atoms with Gasteiger partial charge in [0.15, 0.2) is 6.10 Å². The van der Waals surface area contributed by atoms with E-state index in [0.717, 1.165) is 0 Å². The predicted octanol–water partition coefficient (Wildman–Crippen LogP) is 3.63. The van der Waals surface area contributed by atoms with Crippen LogP contribution in [0.4, 0.5) is 0 Å². The zero-order valence-electron chi connectivity index (χ0n) is 20.7. The quantitative estimate of drug-likeness (QED) is 0.238. The van der Waals surface area contributed by atoms with Crippen molar-refractivity contribution < 1.29 is 51.4 Å². The molecule has 0 saturated carbocycles. The lowest BCUT2D eigenvalue weighted by Crippen LogP contribution is -2.21. The Bertz CT molecular complexity index is 1200. The SMILES string of the molecule is COC(C)C(=O)OCc1ccc(COP(=O)(OCc2ccc(COC(=O)C(C)O)o2)c2ccccc2)o1. The highest BCUT2D eigenvalue weighted by Gasteiger charge is 2.29. The maximum absolute atomic E-state index is 13.7. The van der Waals surface area contributed by atoms with Gasteiger partial charge in [-0.3, -0.25) is 13.6 Å². The molecular formula is C25H29O11P. The molecule has 2 aromatic heterocycles. The maximum Gasteiger partial charge on any atom is 0.362 e. The molecule has 0 radical (unpaired) electrons. The van der Waals surface area contributed by atoms with Crippen molar-refractivity contribution in [1.29, 1.82) is 0 Å². The second kappa shape index (κ2) is 13.4. The molecule has 0 spiro atoms. The molecule has 3 rings (SSSR count). The summed E-state index contributed by atoms with van der Waals surface area (Å²) in [5, 5.41) is 9.53. The Balaban J connectivity index is 1.61. The Morgan fingerprint density at radius 2 is 1.24 bits per heavy atom. The van der Waals surface area contributed by atoms with Crippen LogP contribution in [0.2, 0.25) is 0 Å². The summed E-state index contributed by atoms with van der Waals surface area (Å²) in [6, 6.07) is 14.8. The number of hydrogen-bond acceptors (Lipinski definition) is 11. The Kier molecular flexibility index (Phi) is 10.2. The van der Waals surface area contributed by atoms with Crippen LogP contribution in [0, 0.1) is 0 Å². The maximum atomic E-state index is 13.7. The number of hydrogen-bond donors (Lipinski definition) is 1. The van der Waals surface area contributed by atoms with Gasteiger partial charge in [-0.05, 0) is 50.2 Å². The van der Waals surface area contributed by atoms with Crippen LogP contribution < -0.4 is 5.30 Å². The van der Waals surface area contributed by atoms with Gasteiger partial charge in [-0.2, -0.15) is 0 Å². The topological polar surface area (TPSA) is 144 Å². The number of esters is 2. The van der Waals surface area contributed by atoms with Crippen LogP contribution in [0.3, 0.4) is 0 Å². The Hall–Kier alpha value is -3.21. The molecule has 37 heavy (non-hydrogen) atoms. The third kappa shape index (κ3) is 8.41. The number of methoxy groups -OCH3 is 1. The third-order valence-corrected chi connectivity index (χ3v) is 6.87. The summed E-state index contributed by atoms with van der Waals surface area (Å²) in [5.41, 5.74) is 0. The minimum atomic E-state index is -3.82. The molecule has 0 fully saturated rings. The number of aliphatic hydroxyl groups is 1. The second-order valence-corrected chi connectivity index (χ2v) is 9.91. The molecule has 0 aliphatic heterocycles. The van der Waals surface area contributed by atoms with Crippen LogP contribution >= 0.6 is 7.60 Å². The molecule has 0 bridgehead atoms. The lowest BCUT2D eigenvalue weighted by Gasteiger charge is -2.18. The van der Waals surface area contributed by atoms with Crippen LogP contribution in [0.1, 0.15) is 36.9 Å². The summed E-state index contributed by atoms with van der Waals surface area (Å²) in [5.74, 6) is 0.0822. The molecule has 0 aliphatic carbocycles. The molecule has 0 saturated heterocycles. The van der Waals surface area contributed by atoms with E-state index >= 15 is 0 Å². The van der Waals surface area contributed by atoms with Crippen molar-refractivity contribution in [3.05, 3.63) is 77.6 Å². The van der Waals surface area contributed by atoms with E-state index in [1.807, 2.05) is 0 Å². The molecule has 0 aliphatic rings. The van der Waals surface area contributed by atoms with E-state index < -0.39 is 31.7 Å². The number of carbonyl (C=O) groups is 2. The van der Waals surface area contributed by atoms with Gasteiger partial charge in [0.05, 0.1) is 5.30 Å². The highest BCUT2D eigenvalue weighted by molar-refractivity contribution is 7.62. The van der Waals surface area contributed by atoms with E-state index in [0.29, 0.717) is 28.3 Å². The van der Waals surface area contributed by atoms with Crippen molar-refractivity contribution in [2.45, 2.75) is 52.5 Å². The summed E-state index contributed by atoms with van der Waals surface area (Å²) in [6.45, 7) is 2.25. The Morgan fingerprint density at radius 1 is 0.784 bits per heavy atom. The summed E-state index contributed by atoms with van der Waals surface area (Å²) < 4.78 is 51.2. The molecule has 0 amide bonds. The van der Waals surface area contributed by atoms with Crippen molar-refractivity contribution in [2.24, 2.45) is 0 Å². The molecule has 11 nitrogen and oxygen atoms in total. The van der Waals surface area contributed by atoms with Gasteiger partial charge in [-0.1, -0.05) is 18.2 Å². The average molecular weight is 536 g/mol. The second-order valence-electron chi connectivity index (χ2n) is 7.89. The lowest BCUT2D eigenvalue weighted by molar-refractivity contribution is -0.156. The molecule has 200 valence electrons. The van der Waals surface area contributed by atoms with E-state index in [2.05, 4.69) is 0 Å². The molecule has 12 heteroatoms. The first-order valence-electron chi connectivity index (χ1n) is 11.3. The van der Waals surface area contributed by atoms with E-state index in [1.54, 1.807) is 61.5 Å². The molecule has 3 atom stereocenters. The number of benzene rings is 1. The Labute approximate surface area is 213 Å². The first-order chi connectivity index (χ1) is 17.7. The fourth-order valence-corrected chi connectivity index (χ4v) is 4.37. The number of aliphatic hydroxyl groups excluding tert-OH is 1. The Morgan fingerprint density at radius 3 is 1.70 bits per heavy atom. The summed E-state index contributed by atoms with van der Waals surface area (Å²) in [7, 11) is -2.41. The largest absolute Gasteiger partial charge is 0.460 e. The normalized spacial score (nSPS) is 14.5. The standard InChI is InChI=1S/C25H29O11P/c1-17(26)24(27)31-13-19-9-11-21(35-19)15-33-37(29,23-7-5-4-6-8-23)34-16-22-12-10-20(36-22)14-32-25(28)18(2)30-3/h4-12,17-18,26H,13-16H2,1-3H3. The van der Waals surface area contributed by atoms with Gasteiger partial charge in [-0.25, -0.2) is 9.59 Å². The number of furan rings is 2. The van der Waals surface area contributed by atoms with Gasteiger partial charge in [0.1, 0.15) is 55.6 Å². The van der Waals surface area contributed by atoms with Crippen LogP contribution in [-0.4, -0.2) is 36.4 Å². The van der Waals surface area contributed by atoms with Crippen LogP contribution in [0.25, 0.3) is 0 Å². The molecule has 3 aromatic rings. The van der Waals surface area contributed by atoms with Gasteiger partial charge >= 0.3 is 19.5 Å². The minimum Gasteiger partial charge on any atom is -0.460 e. The van der Waals surface area contributed by atoms with Crippen LogP contribution in [0.15, 0.2) is 63.4 Å². The van der Waals surface area contributed by atoms with Crippen molar-refractivity contribution in [2.75, 3.05) is 7.11 Å². The fraction of sp³-hybridized carbons (Fsp3) is 0.360. The number of ether oxygens (including phenoxy) is 3. The third-order valence-electron chi connectivity index (χ3n) is 5.00. The smallest absolute Gasteiger partial charge is 0.362 e. The molecular weight excluding hydrogens is 507 g/mol. The molecule has 1 aromatic carbocycles. The highest BCUT2D eigenvalue weighted by Crippen LogP contribution is 2.48. The fourth-order valence-electron chi connectivity index (χ4n) is 2.87. The lowest BCUT2D eigenvalue weighted by atomic mass is 10.4. The van der Waals surface area contributed by atoms with Gasteiger partial charge < -0.3 is 28.2 Å². The highest BCUT2D eigenvalue weighted by atomic mass is 31.2. The van der Waals surface area contributed by atoms with Gasteiger partial charge in [0, 0.05) is 7.11 Å². The first-order valence-corrected chi connectivity index (χ1v) is 12.9. The van der Waals surface area contributed by atoms with Gasteiger partial charge in [-0.15, -0.1) is 0 Å². The predicted molar refractivity (Wildman–Crippen MR) is 128 cm³/mol. The van der Waals surface area contributed by atoms with E-state index in [1.165, 1.54) is 14.0 Å². The summed E-state index contributed by atoms with van der Waals surface area (Å²) in [6.07, 6.45) is -1.94. The number of rotatable bonds is 14. The minimum absolute atomic E-state index is 0.0905. The van der Waals surface area contributed by atoms with Crippen molar-refractivity contribution in [3.63, 3.8) is 0 Å². The number of carbonyl (C=O) groups excluding carboxylic acids is 2. The van der Waals surface area contributed by atoms with Gasteiger partial charge in [0.2, 0.25) is 0 Å². The zero-order valence-corrected chi connectivity index (χ0v) is 21.6. The van der Waals surface area contributed by atoms with Crippen molar-refractivity contribution in [3.8, 4) is 0 Å². The average Bonchev–Trinajstić information content (AvgIpc) is 3.57. The summed E-state index contributed by atoms with van der Waals surface area (Å²) >= 11 is 0. The van der Waals surface area contributed by atoms with E-state index in [-0.39, 0.29) is 26.4 Å². The van der Waals surface area contributed by atoms with Crippen molar-refractivity contribution in [1.82, 2.24) is 0 Å². The monoisotopic (exact) mass is 536 g/mol. The molecule has 1 N–H and O–H groups in total. The van der Waals surface area contributed by atoms with E-state index in [4.69, 9.17) is 32.1 Å². The van der Waals surface area contributed by atoms with Crippen LogP contribution in [0.5, 0.6) is 0 Å².